The largest absolute Gasteiger partial charge is 0.450 e. The van der Waals surface area contributed by atoms with Crippen molar-refractivity contribution in [3.05, 3.63) is 16.1 Å². The fourth-order valence-electron chi connectivity index (χ4n) is 2.59. The minimum absolute atomic E-state index is 0. The fraction of sp³-hybridized carbons (Fsp3) is 0.688. The molecule has 3 N–H and O–H groups in total. The second-order valence-corrected chi connectivity index (χ2v) is 7.31. The number of likely N-dealkylation sites (tertiary alicyclic amines) is 1. The third kappa shape index (κ3) is 6.96. The van der Waals surface area contributed by atoms with Crippen LogP contribution in [0.4, 0.5) is 4.79 Å². The average Bonchev–Trinajstić information content (AvgIpc) is 3.00. The number of piperidine rings is 1. The summed E-state index contributed by atoms with van der Waals surface area (Å²) in [5.74, 6) is 0.722. The molecule has 25 heavy (non-hydrogen) atoms. The number of carbonyl (C=O) groups is 1. The van der Waals surface area contributed by atoms with Gasteiger partial charge >= 0.3 is 6.09 Å². The van der Waals surface area contributed by atoms with Gasteiger partial charge in [-0.2, -0.15) is 0 Å². The predicted molar refractivity (Wildman–Crippen MR) is 112 cm³/mol. The Morgan fingerprint density at radius 3 is 2.80 bits per heavy atom. The zero-order valence-corrected chi connectivity index (χ0v) is 18.2. The van der Waals surface area contributed by atoms with Crippen LogP contribution in [-0.4, -0.2) is 54.2 Å². The monoisotopic (exact) mass is 481 g/mol. The summed E-state index contributed by atoms with van der Waals surface area (Å²) in [5, 5.41) is 4.34. The number of nitrogens with one attached hydrogen (secondary N) is 1. The molecule has 0 aromatic carbocycles. The second kappa shape index (κ2) is 10.8. The lowest BCUT2D eigenvalue weighted by Gasteiger charge is -2.31. The molecule has 0 aliphatic carbocycles. The summed E-state index contributed by atoms with van der Waals surface area (Å²) in [7, 11) is 0. The van der Waals surface area contributed by atoms with Crippen LogP contribution in [0, 0.1) is 6.92 Å². The molecular formula is C16H28IN5O2S. The topological polar surface area (TPSA) is 92.8 Å². The molecule has 2 rings (SSSR count). The van der Waals surface area contributed by atoms with Gasteiger partial charge in [-0.25, -0.2) is 9.78 Å². The number of aliphatic imine (C=N–C) groups is 1. The molecule has 1 amide bonds. The number of thiazole rings is 1. The Hall–Kier alpha value is -1.10. The van der Waals surface area contributed by atoms with E-state index in [1.54, 1.807) is 16.2 Å². The number of ether oxygens (including phenoxy) is 1. The van der Waals surface area contributed by atoms with Crippen molar-refractivity contribution < 1.29 is 9.53 Å². The molecule has 1 atom stereocenters. The molecule has 1 aromatic heterocycles. The van der Waals surface area contributed by atoms with Crippen LogP contribution in [0.15, 0.2) is 11.2 Å². The van der Waals surface area contributed by atoms with Gasteiger partial charge in [-0.05, 0) is 26.7 Å². The lowest BCUT2D eigenvalue weighted by atomic mass is 10.1. The Balaban J connectivity index is 0.00000312. The molecular weight excluding hydrogens is 453 g/mol. The van der Waals surface area contributed by atoms with E-state index < -0.39 is 0 Å². The van der Waals surface area contributed by atoms with Crippen molar-refractivity contribution in [2.75, 3.05) is 26.2 Å². The zero-order valence-electron chi connectivity index (χ0n) is 15.0. The number of nitrogens with zero attached hydrogens (tertiary/aromatic N) is 3. The highest BCUT2D eigenvalue weighted by atomic mass is 127. The second-order valence-electron chi connectivity index (χ2n) is 6.04. The molecule has 0 spiro atoms. The predicted octanol–water partition coefficient (Wildman–Crippen LogP) is 2.70. The van der Waals surface area contributed by atoms with Crippen LogP contribution in [0.1, 0.15) is 42.5 Å². The maximum atomic E-state index is 11.7. The third-order valence-corrected chi connectivity index (χ3v) is 5.11. The number of aryl methyl sites for hydroxylation is 1. The van der Waals surface area contributed by atoms with Gasteiger partial charge in [0.2, 0.25) is 0 Å². The van der Waals surface area contributed by atoms with Crippen LogP contribution in [0.3, 0.4) is 0 Å². The van der Waals surface area contributed by atoms with Crippen LogP contribution < -0.4 is 11.1 Å². The maximum Gasteiger partial charge on any atom is 0.409 e. The molecule has 2 heterocycles. The first-order valence-corrected chi connectivity index (χ1v) is 9.21. The average molecular weight is 481 g/mol. The van der Waals surface area contributed by atoms with E-state index in [9.17, 15) is 4.79 Å². The quantitative estimate of drug-likeness (QED) is 0.383. The first kappa shape index (κ1) is 21.9. The molecule has 7 nitrogen and oxygen atoms in total. The van der Waals surface area contributed by atoms with E-state index >= 15 is 0 Å². The lowest BCUT2D eigenvalue weighted by molar-refractivity contribution is 0.0963. The molecule has 1 aliphatic rings. The van der Waals surface area contributed by atoms with E-state index in [0.29, 0.717) is 32.2 Å². The number of halogens is 1. The van der Waals surface area contributed by atoms with Crippen LogP contribution in [0.25, 0.3) is 0 Å². The standard InChI is InChI=1S/C16H27N5O2S.HI/c1-4-23-16(22)21-7-5-13(6-8-21)20-15(17)19-9-11(2)14-18-10-12(3)24-14;/h10-11,13H,4-9H2,1-3H3,(H3,17,19,20);1H. The van der Waals surface area contributed by atoms with Gasteiger partial charge in [0.05, 0.1) is 18.2 Å². The van der Waals surface area contributed by atoms with Crippen molar-refractivity contribution in [3.8, 4) is 0 Å². The minimum atomic E-state index is -0.231. The number of aromatic nitrogens is 1. The molecule has 1 fully saturated rings. The summed E-state index contributed by atoms with van der Waals surface area (Å²) in [4.78, 5) is 23.4. The van der Waals surface area contributed by atoms with Crippen molar-refractivity contribution in [3.63, 3.8) is 0 Å². The van der Waals surface area contributed by atoms with Gasteiger partial charge in [0.15, 0.2) is 5.96 Å². The van der Waals surface area contributed by atoms with E-state index in [2.05, 4.69) is 29.1 Å². The van der Waals surface area contributed by atoms with Gasteiger partial charge in [-0.15, -0.1) is 35.3 Å². The summed E-state index contributed by atoms with van der Waals surface area (Å²) in [6.45, 7) is 8.36. The summed E-state index contributed by atoms with van der Waals surface area (Å²) in [6, 6.07) is 0.247. The van der Waals surface area contributed by atoms with Crippen LogP contribution in [0.2, 0.25) is 0 Å². The van der Waals surface area contributed by atoms with E-state index in [4.69, 9.17) is 10.5 Å². The number of amides is 1. The first-order chi connectivity index (χ1) is 11.5. The number of hydrogen-bond acceptors (Lipinski definition) is 5. The van der Waals surface area contributed by atoms with E-state index in [1.165, 1.54) is 4.88 Å². The highest BCUT2D eigenvalue weighted by Crippen LogP contribution is 2.21. The number of rotatable bonds is 5. The Labute approximate surface area is 170 Å². The molecule has 142 valence electrons. The molecule has 9 heteroatoms. The molecule has 1 aromatic rings. The van der Waals surface area contributed by atoms with Crippen molar-refractivity contribution in [2.24, 2.45) is 10.7 Å². The van der Waals surface area contributed by atoms with Crippen LogP contribution >= 0.6 is 35.3 Å². The normalized spacial score (nSPS) is 16.9. The Bertz CT molecular complexity index is 573. The smallest absolute Gasteiger partial charge is 0.409 e. The van der Waals surface area contributed by atoms with Gasteiger partial charge in [0, 0.05) is 36.1 Å². The maximum absolute atomic E-state index is 11.7. The lowest BCUT2D eigenvalue weighted by Crippen LogP contribution is -2.48. The van der Waals surface area contributed by atoms with Gasteiger partial charge in [0.25, 0.3) is 0 Å². The SMILES string of the molecule is CCOC(=O)N1CCC(NC(N)=NCC(C)c2ncc(C)s2)CC1.I. The Morgan fingerprint density at radius 1 is 1.56 bits per heavy atom. The number of nitrogens with two attached hydrogens (primary N) is 1. The van der Waals surface area contributed by atoms with Crippen molar-refractivity contribution in [1.82, 2.24) is 15.2 Å². The highest BCUT2D eigenvalue weighted by Gasteiger charge is 2.23. The summed E-state index contributed by atoms with van der Waals surface area (Å²) in [5.41, 5.74) is 5.99. The van der Waals surface area contributed by atoms with Crippen LogP contribution in [-0.2, 0) is 4.74 Å². The van der Waals surface area contributed by atoms with E-state index in [1.807, 2.05) is 13.1 Å². The number of carbonyl (C=O) groups excluding carboxylic acids is 1. The van der Waals surface area contributed by atoms with Crippen molar-refractivity contribution >= 4 is 47.4 Å². The fourth-order valence-corrected chi connectivity index (χ4v) is 3.41. The van der Waals surface area contributed by atoms with E-state index in [-0.39, 0.29) is 42.0 Å². The van der Waals surface area contributed by atoms with Gasteiger partial charge in [-0.1, -0.05) is 6.92 Å². The summed E-state index contributed by atoms with van der Waals surface area (Å²) in [6.07, 6.45) is 3.34. The summed E-state index contributed by atoms with van der Waals surface area (Å²) < 4.78 is 5.02. The first-order valence-electron chi connectivity index (χ1n) is 8.40. The molecule has 0 radical (unpaired) electrons. The van der Waals surface area contributed by atoms with Crippen molar-refractivity contribution in [1.29, 1.82) is 0 Å². The molecule has 0 bridgehead atoms. The summed E-state index contributed by atoms with van der Waals surface area (Å²) >= 11 is 1.70. The van der Waals surface area contributed by atoms with E-state index in [0.717, 1.165) is 17.8 Å². The minimum Gasteiger partial charge on any atom is -0.450 e. The molecule has 1 unspecified atom stereocenters. The van der Waals surface area contributed by atoms with Gasteiger partial charge < -0.3 is 20.7 Å². The Kier molecular flexibility index (Phi) is 9.47. The number of guanidine groups is 1. The van der Waals surface area contributed by atoms with Gasteiger partial charge in [-0.3, -0.25) is 4.99 Å². The molecule has 1 saturated heterocycles. The molecule has 0 saturated carbocycles. The number of hydrogen-bond donors (Lipinski definition) is 2. The van der Waals surface area contributed by atoms with Crippen molar-refractivity contribution in [2.45, 2.75) is 45.6 Å². The third-order valence-electron chi connectivity index (χ3n) is 3.97. The van der Waals surface area contributed by atoms with Crippen LogP contribution in [0.5, 0.6) is 0 Å². The Morgan fingerprint density at radius 2 is 2.24 bits per heavy atom. The highest BCUT2D eigenvalue weighted by molar-refractivity contribution is 14.0. The van der Waals surface area contributed by atoms with Gasteiger partial charge in [0.1, 0.15) is 0 Å². The molecule has 1 aliphatic heterocycles. The zero-order chi connectivity index (χ0) is 17.5.